The molecule has 104 valence electrons. The standard InChI is InChI=1S/C14H19FN2O2/c1-3-16-14(19)10(2)17-13(18)9-8-11-6-4-5-7-12(11)15/h4-7,10H,3,8-9H2,1-2H3,(H,16,19)(H,17,18). The van der Waals surface area contributed by atoms with Crippen LogP contribution in [0.15, 0.2) is 24.3 Å². The molecule has 1 unspecified atom stereocenters. The smallest absolute Gasteiger partial charge is 0.242 e. The molecule has 0 aliphatic heterocycles. The van der Waals surface area contributed by atoms with Crippen LogP contribution in [0, 0.1) is 5.82 Å². The predicted octanol–water partition coefficient (Wildman–Crippen LogP) is 1.40. The summed E-state index contributed by atoms with van der Waals surface area (Å²) in [6.07, 6.45) is 0.477. The molecule has 0 heterocycles. The summed E-state index contributed by atoms with van der Waals surface area (Å²) in [5.74, 6) is -0.796. The van der Waals surface area contributed by atoms with Crippen molar-refractivity contribution in [2.75, 3.05) is 6.54 Å². The number of benzene rings is 1. The first-order valence-corrected chi connectivity index (χ1v) is 6.35. The summed E-state index contributed by atoms with van der Waals surface area (Å²) < 4.78 is 13.3. The number of halogens is 1. The third-order valence-electron chi connectivity index (χ3n) is 2.70. The van der Waals surface area contributed by atoms with Crippen LogP contribution in [0.25, 0.3) is 0 Å². The van der Waals surface area contributed by atoms with Crippen molar-refractivity contribution in [3.05, 3.63) is 35.6 Å². The molecule has 0 saturated carbocycles. The number of nitrogens with one attached hydrogen (secondary N) is 2. The Morgan fingerprint density at radius 2 is 2.00 bits per heavy atom. The fourth-order valence-electron chi connectivity index (χ4n) is 1.66. The van der Waals surface area contributed by atoms with Gasteiger partial charge in [-0.2, -0.15) is 0 Å². The minimum Gasteiger partial charge on any atom is -0.355 e. The van der Waals surface area contributed by atoms with Gasteiger partial charge in [-0.05, 0) is 31.9 Å². The molecule has 1 rings (SSSR count). The zero-order valence-electron chi connectivity index (χ0n) is 11.2. The van der Waals surface area contributed by atoms with E-state index in [4.69, 9.17) is 0 Å². The van der Waals surface area contributed by atoms with E-state index in [1.54, 1.807) is 25.1 Å². The highest BCUT2D eigenvalue weighted by molar-refractivity contribution is 5.87. The number of carbonyl (C=O) groups is 2. The van der Waals surface area contributed by atoms with Crippen LogP contribution in [0.1, 0.15) is 25.8 Å². The lowest BCUT2D eigenvalue weighted by atomic mass is 10.1. The van der Waals surface area contributed by atoms with Crippen molar-refractivity contribution in [2.24, 2.45) is 0 Å². The molecule has 0 aromatic heterocycles. The van der Waals surface area contributed by atoms with Crippen LogP contribution in [0.3, 0.4) is 0 Å². The summed E-state index contributed by atoms with van der Waals surface area (Å²) >= 11 is 0. The highest BCUT2D eigenvalue weighted by atomic mass is 19.1. The fraction of sp³-hybridized carbons (Fsp3) is 0.429. The van der Waals surface area contributed by atoms with Gasteiger partial charge in [-0.3, -0.25) is 9.59 Å². The Kier molecular flexibility index (Phi) is 5.99. The molecule has 0 fully saturated rings. The Balaban J connectivity index is 2.40. The number of carbonyl (C=O) groups excluding carboxylic acids is 2. The van der Waals surface area contributed by atoms with Crippen LogP contribution in [0.5, 0.6) is 0 Å². The van der Waals surface area contributed by atoms with Gasteiger partial charge < -0.3 is 10.6 Å². The highest BCUT2D eigenvalue weighted by Gasteiger charge is 2.14. The molecule has 19 heavy (non-hydrogen) atoms. The van der Waals surface area contributed by atoms with E-state index < -0.39 is 6.04 Å². The van der Waals surface area contributed by atoms with Crippen LogP contribution in [0.4, 0.5) is 4.39 Å². The molecular formula is C14H19FN2O2. The molecule has 0 bridgehead atoms. The van der Waals surface area contributed by atoms with Crippen LogP contribution in [0.2, 0.25) is 0 Å². The van der Waals surface area contributed by atoms with Gasteiger partial charge in [0.2, 0.25) is 11.8 Å². The Morgan fingerprint density at radius 3 is 2.63 bits per heavy atom. The Morgan fingerprint density at radius 1 is 1.32 bits per heavy atom. The van der Waals surface area contributed by atoms with Gasteiger partial charge >= 0.3 is 0 Å². The normalized spacial score (nSPS) is 11.7. The zero-order chi connectivity index (χ0) is 14.3. The van der Waals surface area contributed by atoms with E-state index in [1.165, 1.54) is 6.07 Å². The van der Waals surface area contributed by atoms with Crippen molar-refractivity contribution in [1.29, 1.82) is 0 Å². The molecule has 0 aliphatic rings. The fourth-order valence-corrected chi connectivity index (χ4v) is 1.66. The minimum atomic E-state index is -0.576. The molecule has 0 saturated heterocycles. The Hall–Kier alpha value is -1.91. The van der Waals surface area contributed by atoms with Gasteiger partial charge in [-0.15, -0.1) is 0 Å². The van der Waals surface area contributed by atoms with E-state index >= 15 is 0 Å². The lowest BCUT2D eigenvalue weighted by molar-refractivity contribution is -0.128. The van der Waals surface area contributed by atoms with Gasteiger partial charge in [0.1, 0.15) is 11.9 Å². The molecule has 1 aromatic carbocycles. The second kappa shape index (κ2) is 7.51. The maximum Gasteiger partial charge on any atom is 0.242 e. The first-order valence-electron chi connectivity index (χ1n) is 6.35. The number of aryl methyl sites for hydroxylation is 1. The van der Waals surface area contributed by atoms with Crippen molar-refractivity contribution in [3.63, 3.8) is 0 Å². The topological polar surface area (TPSA) is 58.2 Å². The monoisotopic (exact) mass is 266 g/mol. The van der Waals surface area contributed by atoms with Crippen molar-refractivity contribution in [1.82, 2.24) is 10.6 Å². The van der Waals surface area contributed by atoms with Crippen molar-refractivity contribution in [3.8, 4) is 0 Å². The van der Waals surface area contributed by atoms with E-state index in [1.807, 2.05) is 6.92 Å². The molecule has 2 N–H and O–H groups in total. The van der Waals surface area contributed by atoms with Crippen LogP contribution in [-0.2, 0) is 16.0 Å². The van der Waals surface area contributed by atoms with Crippen molar-refractivity contribution < 1.29 is 14.0 Å². The van der Waals surface area contributed by atoms with E-state index in [9.17, 15) is 14.0 Å². The SMILES string of the molecule is CCNC(=O)C(C)NC(=O)CCc1ccccc1F. The van der Waals surface area contributed by atoms with E-state index in [-0.39, 0.29) is 24.1 Å². The van der Waals surface area contributed by atoms with Crippen LogP contribution < -0.4 is 10.6 Å². The summed E-state index contributed by atoms with van der Waals surface area (Å²) in [5.41, 5.74) is 0.503. The van der Waals surface area contributed by atoms with Crippen LogP contribution in [-0.4, -0.2) is 24.4 Å². The van der Waals surface area contributed by atoms with Crippen molar-refractivity contribution in [2.45, 2.75) is 32.7 Å². The number of hydrogen-bond donors (Lipinski definition) is 2. The number of hydrogen-bond acceptors (Lipinski definition) is 2. The molecular weight excluding hydrogens is 247 g/mol. The van der Waals surface area contributed by atoms with Gasteiger partial charge in [-0.25, -0.2) is 4.39 Å². The third-order valence-corrected chi connectivity index (χ3v) is 2.70. The largest absolute Gasteiger partial charge is 0.355 e. The average molecular weight is 266 g/mol. The Labute approximate surface area is 112 Å². The molecule has 0 spiro atoms. The summed E-state index contributed by atoms with van der Waals surface area (Å²) in [4.78, 5) is 23.1. The number of amides is 2. The Bertz CT molecular complexity index is 449. The summed E-state index contributed by atoms with van der Waals surface area (Å²) in [7, 11) is 0. The molecule has 0 aliphatic carbocycles. The second-order valence-electron chi connectivity index (χ2n) is 4.28. The molecule has 5 heteroatoms. The van der Waals surface area contributed by atoms with Gasteiger partial charge in [0.15, 0.2) is 0 Å². The second-order valence-corrected chi connectivity index (χ2v) is 4.28. The van der Waals surface area contributed by atoms with Gasteiger partial charge in [0.05, 0.1) is 0 Å². The molecule has 1 atom stereocenters. The van der Waals surface area contributed by atoms with E-state index in [2.05, 4.69) is 10.6 Å². The quantitative estimate of drug-likeness (QED) is 0.817. The highest BCUT2D eigenvalue weighted by Crippen LogP contribution is 2.08. The zero-order valence-corrected chi connectivity index (χ0v) is 11.2. The summed E-state index contributed by atoms with van der Waals surface area (Å²) in [6, 6.07) is 5.78. The van der Waals surface area contributed by atoms with Gasteiger partial charge in [0, 0.05) is 13.0 Å². The maximum atomic E-state index is 13.3. The average Bonchev–Trinajstić information content (AvgIpc) is 2.38. The third kappa shape index (κ3) is 5.07. The number of likely N-dealkylation sites (N-methyl/N-ethyl adjacent to an activating group) is 1. The van der Waals surface area contributed by atoms with Gasteiger partial charge in [0.25, 0.3) is 0 Å². The first-order chi connectivity index (χ1) is 9.04. The molecule has 4 nitrogen and oxygen atoms in total. The predicted molar refractivity (Wildman–Crippen MR) is 71.0 cm³/mol. The maximum absolute atomic E-state index is 13.3. The van der Waals surface area contributed by atoms with E-state index in [0.29, 0.717) is 18.5 Å². The molecule has 1 aromatic rings. The van der Waals surface area contributed by atoms with Crippen LogP contribution >= 0.6 is 0 Å². The first kappa shape index (κ1) is 15.1. The molecule has 0 radical (unpaired) electrons. The molecule has 2 amide bonds. The number of rotatable bonds is 6. The minimum absolute atomic E-state index is 0.157. The van der Waals surface area contributed by atoms with E-state index in [0.717, 1.165) is 0 Å². The van der Waals surface area contributed by atoms with Crippen molar-refractivity contribution >= 4 is 11.8 Å². The van der Waals surface area contributed by atoms with Gasteiger partial charge in [-0.1, -0.05) is 18.2 Å². The lowest BCUT2D eigenvalue weighted by Crippen LogP contribution is -2.44. The summed E-state index contributed by atoms with van der Waals surface area (Å²) in [5, 5.41) is 5.20. The lowest BCUT2D eigenvalue weighted by Gasteiger charge is -2.13. The summed E-state index contributed by atoms with van der Waals surface area (Å²) in [6.45, 7) is 3.95.